The highest BCUT2D eigenvalue weighted by molar-refractivity contribution is 9.11. The van der Waals surface area contributed by atoms with Crippen molar-refractivity contribution in [1.82, 2.24) is 29.6 Å². The molecule has 3 heterocycles. The highest BCUT2D eigenvalue weighted by atomic mass is 79.9. The number of nitrogens with one attached hydrogen (secondary N) is 2. The van der Waals surface area contributed by atoms with Crippen molar-refractivity contribution in [3.63, 3.8) is 0 Å². The number of hydrogen-bond donors (Lipinski definition) is 3. The first-order valence-corrected chi connectivity index (χ1v) is 15.6. The van der Waals surface area contributed by atoms with Gasteiger partial charge in [0.25, 0.3) is 0 Å². The number of aromatic hydroxyl groups is 1. The molecule has 1 aromatic heterocycles. The highest BCUT2D eigenvalue weighted by Crippen LogP contribution is 2.34. The number of hydrogen-bond acceptors (Lipinski definition) is 5. The molecular weight excluding hydrogens is 656 g/mol. The number of aromatic amines is 1. The number of halogens is 2. The molecule has 0 bridgehead atoms. The van der Waals surface area contributed by atoms with Gasteiger partial charge >= 0.3 is 11.7 Å². The van der Waals surface area contributed by atoms with Crippen LogP contribution in [0.15, 0.2) is 50.1 Å². The number of carbonyl (C=O) groups is 2. The van der Waals surface area contributed by atoms with E-state index in [1.54, 1.807) is 21.6 Å². The molecule has 41 heavy (non-hydrogen) atoms. The second kappa shape index (κ2) is 12.6. The molecule has 0 unspecified atom stereocenters. The molecule has 1 atom stereocenters. The van der Waals surface area contributed by atoms with Gasteiger partial charge in [0, 0.05) is 44.7 Å². The number of imidazole rings is 1. The fourth-order valence-corrected chi connectivity index (χ4v) is 7.28. The molecule has 3 aromatic rings. The van der Waals surface area contributed by atoms with E-state index in [2.05, 4.69) is 61.2 Å². The minimum Gasteiger partial charge on any atom is -0.506 e. The summed E-state index contributed by atoms with van der Waals surface area (Å²) in [5.41, 5.74) is 2.35. The molecule has 3 N–H and O–H groups in total. The Labute approximate surface area is 255 Å². The van der Waals surface area contributed by atoms with Gasteiger partial charge in [-0.3, -0.25) is 9.36 Å². The van der Waals surface area contributed by atoms with E-state index in [0.717, 1.165) is 29.4 Å². The van der Waals surface area contributed by atoms with Crippen molar-refractivity contribution < 1.29 is 14.7 Å². The number of nitrogens with zero attached hydrogens (tertiary/aromatic N) is 4. The average molecular weight is 692 g/mol. The smallest absolute Gasteiger partial charge is 0.326 e. The van der Waals surface area contributed by atoms with Crippen LogP contribution in [0.4, 0.5) is 4.79 Å². The van der Waals surface area contributed by atoms with Crippen molar-refractivity contribution in [2.24, 2.45) is 0 Å². The average Bonchev–Trinajstić information content (AvgIpc) is 3.30. The summed E-state index contributed by atoms with van der Waals surface area (Å²) >= 11 is 6.75. The van der Waals surface area contributed by atoms with Crippen molar-refractivity contribution in [3.8, 4) is 5.75 Å². The van der Waals surface area contributed by atoms with Gasteiger partial charge in [0.2, 0.25) is 5.91 Å². The van der Waals surface area contributed by atoms with Crippen LogP contribution in [0.3, 0.4) is 0 Å². The lowest BCUT2D eigenvalue weighted by Crippen LogP contribution is -2.56. The minimum absolute atomic E-state index is 0.00943. The molecule has 0 spiro atoms. The molecule has 220 valence electrons. The van der Waals surface area contributed by atoms with Crippen LogP contribution in [0.1, 0.15) is 37.3 Å². The summed E-state index contributed by atoms with van der Waals surface area (Å²) in [4.78, 5) is 48.6. The van der Waals surface area contributed by atoms with Gasteiger partial charge in [0.15, 0.2) is 0 Å². The van der Waals surface area contributed by atoms with E-state index in [1.165, 1.54) is 0 Å². The number of urea groups is 1. The number of rotatable bonds is 6. The van der Waals surface area contributed by atoms with E-state index in [1.807, 2.05) is 29.2 Å². The Kier molecular flexibility index (Phi) is 9.10. The summed E-state index contributed by atoms with van der Waals surface area (Å²) in [5.74, 6) is -0.0142. The number of phenols is 1. The Morgan fingerprint density at radius 3 is 2.27 bits per heavy atom. The molecule has 0 saturated carbocycles. The number of likely N-dealkylation sites (tertiary alicyclic amines) is 2. The summed E-state index contributed by atoms with van der Waals surface area (Å²) in [6.07, 6.45) is 3.34. The number of carbonyl (C=O) groups excluding carboxylic acids is 2. The third-order valence-electron chi connectivity index (χ3n) is 8.36. The monoisotopic (exact) mass is 690 g/mol. The maximum Gasteiger partial charge on any atom is 0.326 e. The van der Waals surface area contributed by atoms with E-state index in [4.69, 9.17) is 0 Å². The Morgan fingerprint density at radius 1 is 1.02 bits per heavy atom. The number of benzene rings is 2. The fraction of sp³-hybridized carbons (Fsp3) is 0.483. The standard InChI is InChI=1S/C29H36Br2N6O4/c1-34(2)19-7-11-35(12-8-19)27(39)24(17-18-15-21(30)26(38)22(31)16-18)33-28(40)36-13-9-20(10-14-36)37-25-6-4-3-5-23(25)32-29(37)41/h3-6,15-16,19-20,24,38H,7-14,17H2,1-2H3,(H,32,41)(H,33,40)/t24-/m1/s1. The molecular formula is C29H36Br2N6O4. The third kappa shape index (κ3) is 6.49. The Balaban J connectivity index is 1.28. The predicted octanol–water partition coefficient (Wildman–Crippen LogP) is 4.07. The van der Waals surface area contributed by atoms with E-state index < -0.39 is 6.04 Å². The third-order valence-corrected chi connectivity index (χ3v) is 9.57. The van der Waals surface area contributed by atoms with Gasteiger partial charge < -0.3 is 30.1 Å². The molecule has 2 fully saturated rings. The van der Waals surface area contributed by atoms with Crippen molar-refractivity contribution in [1.29, 1.82) is 0 Å². The fourth-order valence-electron chi connectivity index (χ4n) is 6.00. The minimum atomic E-state index is -0.754. The Hall–Kier alpha value is -2.83. The van der Waals surface area contributed by atoms with Crippen LogP contribution < -0.4 is 11.0 Å². The number of fused-ring (bicyclic) bond motifs is 1. The van der Waals surface area contributed by atoms with E-state index in [9.17, 15) is 19.5 Å². The normalized spacial score (nSPS) is 17.8. The number of H-pyrrole nitrogens is 1. The molecule has 10 nitrogen and oxygen atoms in total. The number of piperidine rings is 2. The number of amides is 3. The maximum atomic E-state index is 13.8. The lowest BCUT2D eigenvalue weighted by atomic mass is 10.0. The molecule has 2 aromatic carbocycles. The van der Waals surface area contributed by atoms with E-state index in [0.29, 0.717) is 54.0 Å². The molecule has 12 heteroatoms. The molecule has 3 amide bonds. The van der Waals surface area contributed by atoms with Crippen molar-refractivity contribution in [3.05, 3.63) is 61.4 Å². The summed E-state index contributed by atoms with van der Waals surface area (Å²) in [7, 11) is 4.12. The zero-order chi connectivity index (χ0) is 29.3. The van der Waals surface area contributed by atoms with Crippen molar-refractivity contribution in [2.45, 2.75) is 50.2 Å². The quantitative estimate of drug-likeness (QED) is 0.361. The first kappa shape index (κ1) is 29.7. The maximum absolute atomic E-state index is 13.8. The zero-order valence-corrected chi connectivity index (χ0v) is 26.4. The van der Waals surface area contributed by atoms with Crippen LogP contribution in [0, 0.1) is 0 Å². The number of para-hydroxylation sites is 2. The number of phenolic OH excluding ortho intramolecular Hbond substituents is 1. The summed E-state index contributed by atoms with van der Waals surface area (Å²) in [6, 6.07) is 10.6. The molecule has 5 rings (SSSR count). The van der Waals surface area contributed by atoms with Gasteiger partial charge in [-0.15, -0.1) is 0 Å². The van der Waals surface area contributed by atoms with Crippen LogP contribution in [-0.2, 0) is 11.2 Å². The zero-order valence-electron chi connectivity index (χ0n) is 23.3. The summed E-state index contributed by atoms with van der Waals surface area (Å²) < 4.78 is 2.83. The summed E-state index contributed by atoms with van der Waals surface area (Å²) in [6.45, 7) is 2.24. The van der Waals surface area contributed by atoms with E-state index >= 15 is 0 Å². The van der Waals surface area contributed by atoms with Crippen molar-refractivity contribution in [2.75, 3.05) is 40.3 Å². The number of aromatic nitrogens is 2. The van der Waals surface area contributed by atoms with E-state index in [-0.39, 0.29) is 35.8 Å². The largest absolute Gasteiger partial charge is 0.506 e. The Bertz CT molecular complexity index is 1450. The van der Waals surface area contributed by atoms with Crippen LogP contribution in [0.2, 0.25) is 0 Å². The lowest BCUT2D eigenvalue weighted by Gasteiger charge is -2.38. The van der Waals surface area contributed by atoms with Crippen LogP contribution in [0.5, 0.6) is 5.75 Å². The SMILES string of the molecule is CN(C)C1CCN(C(=O)[C@@H](Cc2cc(Br)c(O)c(Br)c2)NC(=O)N2CCC(n3c(=O)[nH]c4ccccc43)CC2)CC1. The first-order valence-electron chi connectivity index (χ1n) is 14.0. The lowest BCUT2D eigenvalue weighted by molar-refractivity contribution is -0.134. The molecule has 0 aliphatic carbocycles. The predicted molar refractivity (Wildman–Crippen MR) is 165 cm³/mol. The van der Waals surface area contributed by atoms with Gasteiger partial charge in [0.05, 0.1) is 20.0 Å². The van der Waals surface area contributed by atoms with Crippen LogP contribution in [0.25, 0.3) is 11.0 Å². The highest BCUT2D eigenvalue weighted by Gasteiger charge is 2.33. The molecule has 2 aliphatic heterocycles. The van der Waals surface area contributed by atoms with Crippen LogP contribution >= 0.6 is 31.9 Å². The van der Waals surface area contributed by atoms with Crippen LogP contribution in [-0.4, -0.2) is 93.7 Å². The van der Waals surface area contributed by atoms with Gasteiger partial charge in [-0.25, -0.2) is 9.59 Å². The van der Waals surface area contributed by atoms with Crippen molar-refractivity contribution >= 4 is 54.8 Å². The van der Waals surface area contributed by atoms with Gasteiger partial charge in [-0.05, 0) is 101 Å². The molecule has 2 aliphatic rings. The molecule has 0 radical (unpaired) electrons. The first-order chi connectivity index (χ1) is 19.6. The second-order valence-electron chi connectivity index (χ2n) is 11.2. The second-order valence-corrected chi connectivity index (χ2v) is 12.9. The molecule has 2 saturated heterocycles. The van der Waals surface area contributed by atoms with Gasteiger partial charge in [-0.2, -0.15) is 0 Å². The van der Waals surface area contributed by atoms with Gasteiger partial charge in [0.1, 0.15) is 11.8 Å². The topological polar surface area (TPSA) is 114 Å². The Morgan fingerprint density at radius 2 is 1.63 bits per heavy atom. The summed E-state index contributed by atoms with van der Waals surface area (Å²) in [5, 5.41) is 13.2. The van der Waals surface area contributed by atoms with Gasteiger partial charge in [-0.1, -0.05) is 12.1 Å².